The van der Waals surface area contributed by atoms with Crippen molar-refractivity contribution in [1.82, 2.24) is 13.9 Å². The van der Waals surface area contributed by atoms with Gasteiger partial charge in [0.1, 0.15) is 0 Å². The van der Waals surface area contributed by atoms with Crippen LogP contribution in [0.3, 0.4) is 0 Å². The van der Waals surface area contributed by atoms with E-state index in [0.717, 1.165) is 25.0 Å². The van der Waals surface area contributed by atoms with Gasteiger partial charge in [0, 0.05) is 32.7 Å². The second kappa shape index (κ2) is 7.54. The molecule has 6 heteroatoms. The van der Waals surface area contributed by atoms with Crippen LogP contribution >= 0.6 is 0 Å². The van der Waals surface area contributed by atoms with Crippen molar-refractivity contribution in [2.45, 2.75) is 39.7 Å². The average Bonchev–Trinajstić information content (AvgIpc) is 2.36. The van der Waals surface area contributed by atoms with Crippen LogP contribution < -0.4 is 5.32 Å². The Morgan fingerprint density at radius 2 is 1.95 bits per heavy atom. The summed E-state index contributed by atoms with van der Waals surface area (Å²) in [6.45, 7) is 12.5. The van der Waals surface area contributed by atoms with E-state index in [0.29, 0.717) is 31.6 Å². The van der Waals surface area contributed by atoms with Crippen LogP contribution in [0, 0.1) is 5.92 Å². The number of nitrogens with one attached hydrogen (secondary N) is 1. The molecule has 1 heterocycles. The van der Waals surface area contributed by atoms with Gasteiger partial charge in [-0.25, -0.2) is 0 Å². The lowest BCUT2D eigenvalue weighted by Gasteiger charge is -2.34. The molecule has 1 rings (SSSR count). The van der Waals surface area contributed by atoms with Gasteiger partial charge in [0.25, 0.3) is 10.2 Å². The van der Waals surface area contributed by atoms with Crippen molar-refractivity contribution >= 4 is 10.2 Å². The molecule has 0 aromatic rings. The SMILES string of the molecule is C=C(C)CN(C)S(=O)(=O)N1CCC(CNC(C)C)CC1. The van der Waals surface area contributed by atoms with Crippen LogP contribution in [0.25, 0.3) is 0 Å². The first-order valence-corrected chi connectivity index (χ1v) is 8.72. The molecule has 0 atom stereocenters. The van der Waals surface area contributed by atoms with Crippen LogP contribution in [0.2, 0.25) is 0 Å². The van der Waals surface area contributed by atoms with Gasteiger partial charge in [-0.05, 0) is 32.2 Å². The second-order valence-corrected chi connectivity index (χ2v) is 8.16. The molecule has 0 spiro atoms. The highest BCUT2D eigenvalue weighted by Gasteiger charge is 2.30. The maximum Gasteiger partial charge on any atom is 0.282 e. The molecule has 20 heavy (non-hydrogen) atoms. The summed E-state index contributed by atoms with van der Waals surface area (Å²) in [6, 6.07) is 0.485. The Kier molecular flexibility index (Phi) is 6.64. The lowest BCUT2D eigenvalue weighted by Crippen LogP contribution is -2.47. The molecule has 0 saturated carbocycles. The third-order valence-electron chi connectivity index (χ3n) is 3.60. The minimum atomic E-state index is -3.33. The van der Waals surface area contributed by atoms with Crippen molar-refractivity contribution in [2.75, 3.05) is 33.2 Å². The monoisotopic (exact) mass is 303 g/mol. The third kappa shape index (κ3) is 5.16. The molecule has 0 unspecified atom stereocenters. The van der Waals surface area contributed by atoms with E-state index in [1.54, 1.807) is 11.4 Å². The Balaban J connectivity index is 2.49. The zero-order valence-corrected chi connectivity index (χ0v) is 14.0. The van der Waals surface area contributed by atoms with Gasteiger partial charge in [-0.1, -0.05) is 26.0 Å². The van der Waals surface area contributed by atoms with Crippen molar-refractivity contribution in [2.24, 2.45) is 5.92 Å². The Bertz CT molecular complexity index is 412. The summed E-state index contributed by atoms with van der Waals surface area (Å²) >= 11 is 0. The molecule has 0 bridgehead atoms. The van der Waals surface area contributed by atoms with E-state index < -0.39 is 10.2 Å². The highest BCUT2D eigenvalue weighted by molar-refractivity contribution is 7.86. The smallest absolute Gasteiger partial charge is 0.282 e. The van der Waals surface area contributed by atoms with Gasteiger partial charge >= 0.3 is 0 Å². The Morgan fingerprint density at radius 1 is 1.40 bits per heavy atom. The number of likely N-dealkylation sites (N-methyl/N-ethyl adjacent to an activating group) is 1. The molecule has 0 aliphatic carbocycles. The summed E-state index contributed by atoms with van der Waals surface area (Å²) in [7, 11) is -1.70. The second-order valence-electron chi connectivity index (χ2n) is 6.13. The minimum absolute atomic E-state index is 0.386. The number of hydrogen-bond acceptors (Lipinski definition) is 3. The highest BCUT2D eigenvalue weighted by atomic mass is 32.2. The van der Waals surface area contributed by atoms with Crippen LogP contribution in [0.1, 0.15) is 33.6 Å². The van der Waals surface area contributed by atoms with Crippen molar-refractivity contribution in [3.05, 3.63) is 12.2 Å². The molecule has 0 radical (unpaired) electrons. The van der Waals surface area contributed by atoms with E-state index in [2.05, 4.69) is 25.7 Å². The molecule has 1 N–H and O–H groups in total. The summed E-state index contributed by atoms with van der Waals surface area (Å²) in [5, 5.41) is 3.43. The molecule has 1 aliphatic rings. The Morgan fingerprint density at radius 3 is 2.40 bits per heavy atom. The van der Waals surface area contributed by atoms with E-state index in [1.165, 1.54) is 4.31 Å². The topological polar surface area (TPSA) is 52.7 Å². The number of rotatable bonds is 7. The lowest BCUT2D eigenvalue weighted by molar-refractivity contribution is 0.252. The fourth-order valence-electron chi connectivity index (χ4n) is 2.41. The van der Waals surface area contributed by atoms with E-state index in [4.69, 9.17) is 0 Å². The molecule has 1 fully saturated rings. The zero-order valence-electron chi connectivity index (χ0n) is 13.2. The van der Waals surface area contributed by atoms with Gasteiger partial charge in [-0.3, -0.25) is 0 Å². The van der Waals surface area contributed by atoms with Crippen LogP contribution in [0.5, 0.6) is 0 Å². The fraction of sp³-hybridized carbons (Fsp3) is 0.857. The summed E-state index contributed by atoms with van der Waals surface area (Å²) in [4.78, 5) is 0. The summed E-state index contributed by atoms with van der Waals surface area (Å²) in [5.41, 5.74) is 0.854. The average molecular weight is 303 g/mol. The largest absolute Gasteiger partial charge is 0.314 e. The van der Waals surface area contributed by atoms with Crippen LogP contribution in [0.15, 0.2) is 12.2 Å². The van der Waals surface area contributed by atoms with Gasteiger partial charge in [0.15, 0.2) is 0 Å². The number of piperidine rings is 1. The quantitative estimate of drug-likeness (QED) is 0.724. The first-order valence-electron chi connectivity index (χ1n) is 7.32. The first kappa shape index (κ1) is 17.6. The number of nitrogens with zero attached hydrogens (tertiary/aromatic N) is 2. The van der Waals surface area contributed by atoms with E-state index in [-0.39, 0.29) is 0 Å². The van der Waals surface area contributed by atoms with Crippen molar-refractivity contribution < 1.29 is 8.42 Å². The van der Waals surface area contributed by atoms with Crippen LogP contribution in [0.4, 0.5) is 0 Å². The van der Waals surface area contributed by atoms with Gasteiger partial charge < -0.3 is 5.32 Å². The molecule has 0 aromatic heterocycles. The summed E-state index contributed by atoms with van der Waals surface area (Å²) < 4.78 is 27.8. The molecule has 1 saturated heterocycles. The fourth-order valence-corrected chi connectivity index (χ4v) is 3.86. The predicted molar refractivity (Wildman–Crippen MR) is 83.8 cm³/mol. The first-order chi connectivity index (χ1) is 9.23. The van der Waals surface area contributed by atoms with E-state index in [9.17, 15) is 8.42 Å². The van der Waals surface area contributed by atoms with Gasteiger partial charge in [-0.2, -0.15) is 17.0 Å². The third-order valence-corrected chi connectivity index (χ3v) is 5.54. The standard InChI is InChI=1S/C14H29N3O2S/c1-12(2)11-16(5)20(18,19)17-8-6-14(7-9-17)10-15-13(3)4/h13-15H,1,6-11H2,2-5H3. The molecular weight excluding hydrogens is 274 g/mol. The van der Waals surface area contributed by atoms with Crippen LogP contribution in [-0.4, -0.2) is 56.3 Å². The maximum absolute atomic E-state index is 12.4. The molecule has 1 aliphatic heterocycles. The molecule has 0 amide bonds. The predicted octanol–water partition coefficient (Wildman–Crippen LogP) is 1.45. The molecular formula is C14H29N3O2S. The van der Waals surface area contributed by atoms with Gasteiger partial charge in [0.2, 0.25) is 0 Å². The lowest BCUT2D eigenvalue weighted by atomic mass is 9.98. The van der Waals surface area contributed by atoms with Crippen molar-refractivity contribution in [1.29, 1.82) is 0 Å². The number of hydrogen-bond donors (Lipinski definition) is 1. The maximum atomic E-state index is 12.4. The van der Waals surface area contributed by atoms with Crippen molar-refractivity contribution in [3.8, 4) is 0 Å². The van der Waals surface area contributed by atoms with Crippen LogP contribution in [-0.2, 0) is 10.2 Å². The van der Waals surface area contributed by atoms with Crippen molar-refractivity contribution in [3.63, 3.8) is 0 Å². The van der Waals surface area contributed by atoms with Gasteiger partial charge in [-0.15, -0.1) is 0 Å². The van der Waals surface area contributed by atoms with E-state index in [1.807, 2.05) is 6.92 Å². The Hall–Kier alpha value is -0.430. The molecule has 5 nitrogen and oxygen atoms in total. The Labute approximate surface area is 124 Å². The molecule has 118 valence electrons. The summed E-state index contributed by atoms with van der Waals surface area (Å²) in [5.74, 6) is 0.579. The zero-order chi connectivity index (χ0) is 15.3. The minimum Gasteiger partial charge on any atom is -0.314 e. The highest BCUT2D eigenvalue weighted by Crippen LogP contribution is 2.20. The van der Waals surface area contributed by atoms with Gasteiger partial charge in [0.05, 0.1) is 0 Å². The molecule has 0 aromatic carbocycles. The van der Waals surface area contributed by atoms with E-state index >= 15 is 0 Å². The normalized spacial score (nSPS) is 18.9. The summed E-state index contributed by atoms with van der Waals surface area (Å²) in [6.07, 6.45) is 1.86.